The molecule has 2 aliphatic heterocycles. The zero-order chi connectivity index (χ0) is 23.5. The Morgan fingerprint density at radius 3 is 2.59 bits per heavy atom. The normalized spacial score (nSPS) is 16.4. The van der Waals surface area contributed by atoms with E-state index in [0.717, 1.165) is 16.7 Å². The number of thioether (sulfide) groups is 1. The first kappa shape index (κ1) is 22.0. The summed E-state index contributed by atoms with van der Waals surface area (Å²) in [5, 5.41) is 3.33. The number of halogens is 1. The van der Waals surface area contributed by atoms with Crippen LogP contribution in [0, 0.1) is 5.82 Å². The van der Waals surface area contributed by atoms with Crippen molar-refractivity contribution in [3.05, 3.63) is 101 Å². The molecule has 0 radical (unpaired) electrons. The van der Waals surface area contributed by atoms with Crippen LogP contribution in [-0.2, 0) is 21.9 Å². The molecule has 34 heavy (non-hydrogen) atoms. The molecule has 0 saturated carbocycles. The molecule has 5 rings (SSSR count). The van der Waals surface area contributed by atoms with Crippen molar-refractivity contribution in [2.24, 2.45) is 9.98 Å². The lowest BCUT2D eigenvalue weighted by Crippen LogP contribution is -2.42. The minimum atomic E-state index is -0.822. The summed E-state index contributed by atoms with van der Waals surface area (Å²) in [6, 6.07) is 22.6. The average Bonchev–Trinajstić information content (AvgIpc) is 3.18. The van der Waals surface area contributed by atoms with Crippen LogP contribution in [0.3, 0.4) is 0 Å². The van der Waals surface area contributed by atoms with Crippen LogP contribution in [0.5, 0.6) is 0 Å². The van der Waals surface area contributed by atoms with E-state index in [2.05, 4.69) is 15.3 Å². The second kappa shape index (κ2) is 9.61. The maximum atomic E-state index is 13.6. The van der Waals surface area contributed by atoms with E-state index in [1.165, 1.54) is 28.8 Å². The predicted molar refractivity (Wildman–Crippen MR) is 131 cm³/mol. The van der Waals surface area contributed by atoms with E-state index in [0.29, 0.717) is 29.0 Å². The average molecular weight is 473 g/mol. The third-order valence-electron chi connectivity index (χ3n) is 5.52. The van der Waals surface area contributed by atoms with E-state index in [9.17, 15) is 14.0 Å². The Hall–Kier alpha value is -3.78. The van der Waals surface area contributed by atoms with Gasteiger partial charge in [0.15, 0.2) is 5.17 Å². The Morgan fingerprint density at radius 1 is 1.00 bits per heavy atom. The molecule has 1 N–H and O–H groups in total. The molecule has 8 heteroatoms. The van der Waals surface area contributed by atoms with E-state index in [1.54, 1.807) is 6.07 Å². The van der Waals surface area contributed by atoms with Crippen molar-refractivity contribution in [3.8, 4) is 0 Å². The first-order valence-electron chi connectivity index (χ1n) is 10.9. The molecular weight excluding hydrogens is 451 g/mol. The highest BCUT2D eigenvalue weighted by Gasteiger charge is 2.42. The van der Waals surface area contributed by atoms with Crippen molar-refractivity contribution < 1.29 is 14.0 Å². The van der Waals surface area contributed by atoms with Crippen LogP contribution in [-0.4, -0.2) is 33.8 Å². The zero-order valence-corrected chi connectivity index (χ0v) is 19.0. The number of hydrogen-bond acceptors (Lipinski definition) is 5. The second-order valence-corrected chi connectivity index (χ2v) is 8.88. The summed E-state index contributed by atoms with van der Waals surface area (Å²) < 4.78 is 13.6. The van der Waals surface area contributed by atoms with Crippen molar-refractivity contribution in [1.82, 2.24) is 10.2 Å². The number of aliphatic imine (C=N–C) groups is 2. The molecule has 2 heterocycles. The van der Waals surface area contributed by atoms with Crippen molar-refractivity contribution in [2.45, 2.75) is 24.8 Å². The molecule has 1 unspecified atom stereocenters. The minimum Gasteiger partial charge on any atom is -0.352 e. The van der Waals surface area contributed by atoms with E-state index < -0.39 is 6.04 Å². The van der Waals surface area contributed by atoms with Gasteiger partial charge in [-0.15, -0.1) is 0 Å². The smallest absolute Gasteiger partial charge is 0.259 e. The van der Waals surface area contributed by atoms with E-state index in [4.69, 9.17) is 0 Å². The minimum absolute atomic E-state index is 0.0460. The highest BCUT2D eigenvalue weighted by molar-refractivity contribution is 8.13. The number of amides is 2. The zero-order valence-electron chi connectivity index (χ0n) is 18.1. The monoisotopic (exact) mass is 472 g/mol. The fourth-order valence-electron chi connectivity index (χ4n) is 3.85. The van der Waals surface area contributed by atoms with Crippen LogP contribution in [0.2, 0.25) is 0 Å². The Bertz CT molecular complexity index is 1310. The summed E-state index contributed by atoms with van der Waals surface area (Å²) >= 11 is 1.34. The number of amidine groups is 2. The fraction of sp³-hybridized carbons (Fsp3) is 0.154. The maximum Gasteiger partial charge on any atom is 0.259 e. The van der Waals surface area contributed by atoms with E-state index in [1.807, 2.05) is 60.7 Å². The van der Waals surface area contributed by atoms with Crippen LogP contribution in [0.15, 0.2) is 88.8 Å². The van der Waals surface area contributed by atoms with Crippen molar-refractivity contribution in [1.29, 1.82) is 0 Å². The summed E-state index contributed by atoms with van der Waals surface area (Å²) in [6.45, 7) is 0.389. The van der Waals surface area contributed by atoms with Crippen LogP contribution in [0.1, 0.15) is 23.1 Å². The summed E-state index contributed by atoms with van der Waals surface area (Å²) in [5.74, 6) is 0.0988. The molecule has 1 atom stereocenters. The lowest BCUT2D eigenvalue weighted by Gasteiger charge is -2.25. The third kappa shape index (κ3) is 4.63. The standard InChI is InChI=1S/C26H21FN4O2S/c27-19-10-6-9-18(13-19)16-34-26-30-21-12-5-4-11-20(21)24-29-22(25(33)31(24)26)14-23(32)28-15-17-7-2-1-3-8-17/h1-13,22H,14-16H2,(H,28,32). The van der Waals surface area contributed by atoms with Gasteiger partial charge >= 0.3 is 0 Å². The Kier molecular flexibility index (Phi) is 6.22. The number of nitrogens with one attached hydrogen (secondary N) is 1. The molecule has 170 valence electrons. The summed E-state index contributed by atoms with van der Waals surface area (Å²) in [7, 11) is 0. The summed E-state index contributed by atoms with van der Waals surface area (Å²) in [4.78, 5) is 36.7. The van der Waals surface area contributed by atoms with Gasteiger partial charge in [-0.2, -0.15) is 0 Å². The fourth-order valence-corrected chi connectivity index (χ4v) is 4.79. The quantitative estimate of drug-likeness (QED) is 0.577. The van der Waals surface area contributed by atoms with Crippen LogP contribution in [0.25, 0.3) is 0 Å². The van der Waals surface area contributed by atoms with Gasteiger partial charge in [-0.05, 0) is 35.4 Å². The molecule has 2 amide bonds. The van der Waals surface area contributed by atoms with Gasteiger partial charge in [0.05, 0.1) is 12.1 Å². The summed E-state index contributed by atoms with van der Waals surface area (Å²) in [6.07, 6.45) is -0.0460. The van der Waals surface area contributed by atoms with Gasteiger partial charge in [-0.25, -0.2) is 14.3 Å². The van der Waals surface area contributed by atoms with Gasteiger partial charge in [0, 0.05) is 17.9 Å². The molecule has 0 fully saturated rings. The molecule has 0 aromatic heterocycles. The van der Waals surface area contributed by atoms with Gasteiger partial charge in [0.25, 0.3) is 5.91 Å². The van der Waals surface area contributed by atoms with Gasteiger partial charge in [-0.1, -0.05) is 66.4 Å². The molecule has 2 aliphatic rings. The lowest BCUT2D eigenvalue weighted by atomic mass is 10.1. The molecule has 0 saturated heterocycles. The molecule has 0 bridgehead atoms. The first-order chi connectivity index (χ1) is 16.6. The number of benzene rings is 3. The second-order valence-electron chi connectivity index (χ2n) is 7.94. The number of rotatable bonds is 6. The largest absolute Gasteiger partial charge is 0.352 e. The van der Waals surface area contributed by atoms with Gasteiger partial charge in [0.2, 0.25) is 5.91 Å². The SMILES string of the molecule is O=C(CC1N=C2c3ccccc3N=C(SCc3cccc(F)c3)N2C1=O)NCc1ccccc1. The van der Waals surface area contributed by atoms with Crippen molar-refractivity contribution in [2.75, 3.05) is 0 Å². The highest BCUT2D eigenvalue weighted by atomic mass is 32.2. The Balaban J connectivity index is 1.34. The Labute approximate surface area is 200 Å². The predicted octanol–water partition coefficient (Wildman–Crippen LogP) is 4.42. The highest BCUT2D eigenvalue weighted by Crippen LogP contribution is 2.34. The van der Waals surface area contributed by atoms with Gasteiger partial charge in [0.1, 0.15) is 17.7 Å². The molecule has 6 nitrogen and oxygen atoms in total. The van der Waals surface area contributed by atoms with Crippen LogP contribution >= 0.6 is 11.8 Å². The molecule has 3 aromatic rings. The first-order valence-corrected chi connectivity index (χ1v) is 11.8. The van der Waals surface area contributed by atoms with E-state index in [-0.39, 0.29) is 24.1 Å². The number of nitrogens with zero attached hydrogens (tertiary/aromatic N) is 3. The van der Waals surface area contributed by atoms with E-state index >= 15 is 0 Å². The third-order valence-corrected chi connectivity index (χ3v) is 6.53. The molecule has 3 aromatic carbocycles. The molecule has 0 spiro atoms. The van der Waals surface area contributed by atoms with Crippen LogP contribution < -0.4 is 5.32 Å². The summed E-state index contributed by atoms with van der Waals surface area (Å²) in [5.41, 5.74) is 3.22. The van der Waals surface area contributed by atoms with Gasteiger partial charge < -0.3 is 5.32 Å². The topological polar surface area (TPSA) is 74.1 Å². The number of carbonyl (C=O) groups excluding carboxylic acids is 2. The maximum absolute atomic E-state index is 13.6. The van der Waals surface area contributed by atoms with Crippen molar-refractivity contribution >= 4 is 40.3 Å². The van der Waals surface area contributed by atoms with Crippen LogP contribution in [0.4, 0.5) is 10.1 Å². The number of hydrogen-bond donors (Lipinski definition) is 1. The number of para-hydroxylation sites is 1. The van der Waals surface area contributed by atoms with Crippen molar-refractivity contribution in [3.63, 3.8) is 0 Å². The lowest BCUT2D eigenvalue weighted by molar-refractivity contribution is -0.128. The molecular formula is C26H21FN4O2S. The van der Waals surface area contributed by atoms with Gasteiger partial charge in [-0.3, -0.25) is 14.6 Å². The molecule has 0 aliphatic carbocycles. The Morgan fingerprint density at radius 2 is 1.76 bits per heavy atom. The number of fused-ring (bicyclic) bond motifs is 3. The number of carbonyl (C=O) groups is 2.